The number of rotatable bonds is 5. The molecule has 1 N–H and O–H groups in total. The topological polar surface area (TPSA) is 71.5 Å². The summed E-state index contributed by atoms with van der Waals surface area (Å²) in [6.07, 6.45) is 1.80. The highest BCUT2D eigenvalue weighted by atomic mass is 79.9. The highest BCUT2D eigenvalue weighted by molar-refractivity contribution is 9.10. The Morgan fingerprint density at radius 2 is 2.17 bits per heavy atom. The van der Waals surface area contributed by atoms with Gasteiger partial charge in [0.1, 0.15) is 17.3 Å². The van der Waals surface area contributed by atoms with Gasteiger partial charge in [0, 0.05) is 30.6 Å². The number of aryl methyl sites for hydroxylation is 1. The molecule has 2 aromatic carbocycles. The van der Waals surface area contributed by atoms with Gasteiger partial charge in [-0.25, -0.2) is 9.37 Å². The predicted molar refractivity (Wildman–Crippen MR) is 134 cm³/mol. The van der Waals surface area contributed by atoms with Gasteiger partial charge in [-0.05, 0) is 70.9 Å². The molecule has 0 spiro atoms. The maximum atomic E-state index is 13.8. The number of ether oxygens (including phenoxy) is 1. The van der Waals surface area contributed by atoms with Gasteiger partial charge in [0.05, 0.1) is 27.0 Å². The Kier molecular flexibility index (Phi) is 5.64. The number of benzene rings is 2. The Morgan fingerprint density at radius 1 is 1.31 bits per heavy atom. The lowest BCUT2D eigenvalue weighted by Gasteiger charge is -2.27. The molecule has 9 heteroatoms. The van der Waals surface area contributed by atoms with Crippen LogP contribution in [0.2, 0.25) is 0 Å². The van der Waals surface area contributed by atoms with Gasteiger partial charge in [-0.3, -0.25) is 9.59 Å². The highest BCUT2D eigenvalue weighted by Gasteiger charge is 2.54. The lowest BCUT2D eigenvalue weighted by atomic mass is 10.0. The molecule has 2 amide bonds. The van der Waals surface area contributed by atoms with Crippen molar-refractivity contribution in [1.82, 2.24) is 15.2 Å². The lowest BCUT2D eigenvalue weighted by molar-refractivity contribution is 0.0690. The third-order valence-electron chi connectivity index (χ3n) is 7.14. The van der Waals surface area contributed by atoms with Crippen LogP contribution in [0.4, 0.5) is 4.39 Å². The number of carbonyl (C=O) groups is 2. The normalized spacial score (nSPS) is 21.9. The van der Waals surface area contributed by atoms with Crippen molar-refractivity contribution in [2.75, 3.05) is 19.7 Å². The molecule has 35 heavy (non-hydrogen) atoms. The second-order valence-corrected chi connectivity index (χ2v) is 11.4. The molecule has 3 aromatic rings. The summed E-state index contributed by atoms with van der Waals surface area (Å²) in [5.41, 5.74) is 2.73. The maximum Gasteiger partial charge on any atom is 0.274 e. The second kappa shape index (κ2) is 8.71. The van der Waals surface area contributed by atoms with E-state index in [4.69, 9.17) is 4.74 Å². The van der Waals surface area contributed by atoms with E-state index in [0.29, 0.717) is 47.3 Å². The van der Waals surface area contributed by atoms with Crippen LogP contribution in [-0.4, -0.2) is 47.4 Å². The number of fused-ring (bicyclic) bond motifs is 2. The average Bonchev–Trinajstić information content (AvgIpc) is 3.16. The van der Waals surface area contributed by atoms with Crippen molar-refractivity contribution in [1.29, 1.82) is 0 Å². The Bertz CT molecular complexity index is 1360. The monoisotopic (exact) mass is 555 g/mol. The van der Waals surface area contributed by atoms with Gasteiger partial charge in [0.15, 0.2) is 0 Å². The first-order valence-electron chi connectivity index (χ1n) is 11.7. The molecule has 0 unspecified atom stereocenters. The number of halogens is 2. The minimum absolute atomic E-state index is 0.0701. The van der Waals surface area contributed by atoms with E-state index in [-0.39, 0.29) is 23.7 Å². The summed E-state index contributed by atoms with van der Waals surface area (Å²) < 4.78 is 19.7. The number of nitrogens with one attached hydrogen (secondary N) is 1. The fourth-order valence-electron chi connectivity index (χ4n) is 5.33. The largest absolute Gasteiger partial charge is 0.493 e. The molecule has 6 rings (SSSR count). The van der Waals surface area contributed by atoms with E-state index >= 15 is 0 Å². The van der Waals surface area contributed by atoms with Crippen LogP contribution in [0.1, 0.15) is 37.8 Å². The van der Waals surface area contributed by atoms with E-state index in [1.165, 1.54) is 17.4 Å². The van der Waals surface area contributed by atoms with Gasteiger partial charge >= 0.3 is 0 Å². The number of thiazole rings is 1. The van der Waals surface area contributed by atoms with Gasteiger partial charge in [-0.1, -0.05) is 12.1 Å². The Labute approximate surface area is 214 Å². The van der Waals surface area contributed by atoms with Crippen LogP contribution in [0, 0.1) is 24.6 Å². The van der Waals surface area contributed by atoms with E-state index in [2.05, 4.69) is 26.2 Å². The number of carbonyl (C=O) groups excluding carboxylic acids is 2. The van der Waals surface area contributed by atoms with Crippen LogP contribution >= 0.6 is 27.3 Å². The van der Waals surface area contributed by atoms with Crippen molar-refractivity contribution >= 4 is 39.1 Å². The Hall–Kier alpha value is -2.78. The minimum atomic E-state index is -0.353. The van der Waals surface area contributed by atoms with Crippen LogP contribution in [0.15, 0.2) is 40.9 Å². The number of amides is 2. The van der Waals surface area contributed by atoms with E-state index in [1.807, 2.05) is 30.0 Å². The number of nitrogens with zero attached hydrogens (tertiary/aromatic N) is 2. The first-order chi connectivity index (χ1) is 16.9. The molecule has 3 aliphatic rings. The fourth-order valence-corrected chi connectivity index (χ4v) is 6.62. The summed E-state index contributed by atoms with van der Waals surface area (Å²) in [5.74, 6) is 1.02. The molecule has 1 aliphatic carbocycles. The van der Waals surface area contributed by atoms with Crippen LogP contribution in [-0.2, 0) is 6.42 Å². The number of aromatic nitrogens is 1. The van der Waals surface area contributed by atoms with E-state index < -0.39 is 0 Å². The number of piperidine rings is 1. The molecule has 2 aliphatic heterocycles. The maximum absolute atomic E-state index is 13.8. The van der Waals surface area contributed by atoms with Crippen LogP contribution in [0.5, 0.6) is 5.75 Å². The van der Waals surface area contributed by atoms with Crippen molar-refractivity contribution in [3.05, 3.63) is 68.5 Å². The lowest BCUT2D eigenvalue weighted by Crippen LogP contribution is -2.45. The zero-order valence-corrected chi connectivity index (χ0v) is 21.4. The van der Waals surface area contributed by atoms with Crippen molar-refractivity contribution in [3.8, 4) is 16.2 Å². The summed E-state index contributed by atoms with van der Waals surface area (Å²) in [6.45, 7) is 3.53. The summed E-state index contributed by atoms with van der Waals surface area (Å²) in [7, 11) is 0. The van der Waals surface area contributed by atoms with Crippen LogP contribution < -0.4 is 10.1 Å². The first kappa shape index (κ1) is 22.7. The molecule has 3 heterocycles. The molecule has 1 saturated heterocycles. The molecule has 2 fully saturated rings. The Morgan fingerprint density at radius 3 is 3.00 bits per heavy atom. The molecule has 3 atom stereocenters. The van der Waals surface area contributed by atoms with Gasteiger partial charge < -0.3 is 15.0 Å². The molecule has 6 nitrogen and oxygen atoms in total. The van der Waals surface area contributed by atoms with Crippen molar-refractivity contribution in [2.24, 2.45) is 11.8 Å². The molecule has 180 valence electrons. The zero-order valence-electron chi connectivity index (χ0n) is 19.0. The summed E-state index contributed by atoms with van der Waals surface area (Å²) in [5, 5.41) is 3.85. The highest BCUT2D eigenvalue weighted by Crippen LogP contribution is 2.50. The quantitative estimate of drug-likeness (QED) is 0.488. The van der Waals surface area contributed by atoms with E-state index in [0.717, 1.165) is 39.6 Å². The minimum Gasteiger partial charge on any atom is -0.493 e. The van der Waals surface area contributed by atoms with Crippen LogP contribution in [0.3, 0.4) is 0 Å². The third kappa shape index (κ3) is 4.04. The smallest absolute Gasteiger partial charge is 0.274 e. The molecule has 1 aromatic heterocycles. The number of hydrogen-bond acceptors (Lipinski definition) is 5. The van der Waals surface area contributed by atoms with Crippen LogP contribution in [0.25, 0.3) is 10.4 Å². The molecule has 1 saturated carbocycles. The summed E-state index contributed by atoms with van der Waals surface area (Å²) >= 11 is 4.66. The molecular weight excluding hydrogens is 533 g/mol. The third-order valence-corrected chi connectivity index (χ3v) is 8.77. The van der Waals surface area contributed by atoms with Gasteiger partial charge in [-0.15, -0.1) is 11.3 Å². The van der Waals surface area contributed by atoms with Gasteiger partial charge in [0.25, 0.3) is 11.8 Å². The molecule has 0 bridgehead atoms. The summed E-state index contributed by atoms with van der Waals surface area (Å²) in [6, 6.07) is 10.2. The standard InChI is InChI=1S/C26H23BrFN3O3S/c1-13-30-23(24(35-13)14-5-6-20(28)19(27)10-14)26(33)31-12-15-9-18(15)21(31)11-29-25(32)17-3-2-4-22-16(17)7-8-34-22/h2-6,10,15,18,21H,7-9,11-12H2,1H3,(H,29,32)/t15-,18-,21+/m0/s1. The van der Waals surface area contributed by atoms with Crippen molar-refractivity contribution < 1.29 is 18.7 Å². The van der Waals surface area contributed by atoms with Crippen molar-refractivity contribution in [2.45, 2.75) is 25.8 Å². The van der Waals surface area contributed by atoms with E-state index in [9.17, 15) is 14.0 Å². The van der Waals surface area contributed by atoms with Gasteiger partial charge in [0.2, 0.25) is 0 Å². The molecular formula is C26H23BrFN3O3S. The number of hydrogen-bond donors (Lipinski definition) is 1. The zero-order chi connectivity index (χ0) is 24.3. The van der Waals surface area contributed by atoms with E-state index in [1.54, 1.807) is 12.1 Å². The second-order valence-electron chi connectivity index (χ2n) is 9.31. The first-order valence-corrected chi connectivity index (χ1v) is 13.3. The average molecular weight is 556 g/mol. The fraction of sp³-hybridized carbons (Fsp3) is 0.346. The van der Waals surface area contributed by atoms with Crippen molar-refractivity contribution in [3.63, 3.8) is 0 Å². The summed E-state index contributed by atoms with van der Waals surface area (Å²) in [4.78, 5) is 33.9. The Balaban J connectivity index is 1.22. The molecule has 0 radical (unpaired) electrons. The predicted octanol–water partition coefficient (Wildman–Crippen LogP) is 4.85. The van der Waals surface area contributed by atoms with Gasteiger partial charge in [-0.2, -0.15) is 0 Å². The number of likely N-dealkylation sites (tertiary alicyclic amines) is 1. The SMILES string of the molecule is Cc1nc(C(=O)N2C[C@@H]3C[C@@H]3[C@H]2CNC(=O)c2cccc3c2CCO3)c(-c2ccc(F)c(Br)c2)s1.